The molecule has 0 spiro atoms. The number of hydrazone groups is 1. The number of carbonyl (C=O) groups is 2. The highest BCUT2D eigenvalue weighted by Gasteiger charge is 2.37. The van der Waals surface area contributed by atoms with Gasteiger partial charge >= 0.3 is 0 Å². The van der Waals surface area contributed by atoms with E-state index in [9.17, 15) is 9.59 Å². The van der Waals surface area contributed by atoms with Crippen LogP contribution in [0.5, 0.6) is 0 Å². The van der Waals surface area contributed by atoms with Gasteiger partial charge in [-0.1, -0.05) is 29.8 Å². The molecule has 0 aliphatic carbocycles. The second-order valence-electron chi connectivity index (χ2n) is 4.27. The van der Waals surface area contributed by atoms with Crippen molar-refractivity contribution in [3.63, 3.8) is 0 Å². The third-order valence-corrected chi connectivity index (χ3v) is 2.89. The Kier molecular flexibility index (Phi) is 2.79. The molecule has 4 nitrogen and oxygen atoms in total. The highest BCUT2D eigenvalue weighted by atomic mass is 16.2. The molecule has 0 N–H and O–H groups in total. The summed E-state index contributed by atoms with van der Waals surface area (Å²) in [6.45, 7) is 3.66. The van der Waals surface area contributed by atoms with Crippen molar-refractivity contribution in [3.05, 3.63) is 35.4 Å². The molecule has 0 saturated carbocycles. The number of carbonyl (C=O) groups excluding carboxylic acids is 2. The fourth-order valence-corrected chi connectivity index (χ4v) is 1.90. The van der Waals surface area contributed by atoms with Crippen molar-refractivity contribution in [1.82, 2.24) is 5.01 Å². The van der Waals surface area contributed by atoms with E-state index < -0.39 is 5.92 Å². The molecule has 1 aliphatic rings. The minimum atomic E-state index is -0.747. The minimum absolute atomic E-state index is 0.180. The number of nitrogens with zero attached hydrogens (tertiary/aromatic N) is 2. The quantitative estimate of drug-likeness (QED) is 0.573. The van der Waals surface area contributed by atoms with Crippen LogP contribution in [0.3, 0.4) is 0 Å². The summed E-state index contributed by atoms with van der Waals surface area (Å²) in [4.78, 5) is 24.0. The first-order valence-electron chi connectivity index (χ1n) is 5.44. The van der Waals surface area contributed by atoms with Gasteiger partial charge in [0.1, 0.15) is 5.92 Å². The molecule has 88 valence electrons. The van der Waals surface area contributed by atoms with Crippen LogP contribution in [-0.4, -0.2) is 29.5 Å². The maximum atomic E-state index is 12.2. The van der Waals surface area contributed by atoms with Crippen molar-refractivity contribution in [1.29, 1.82) is 0 Å². The zero-order chi connectivity index (χ0) is 12.6. The second-order valence-corrected chi connectivity index (χ2v) is 4.27. The SMILES string of the molecule is CC1=NN(C)C(=O)[C@H]1C(=O)c1ccc(C)cc1. The first-order chi connectivity index (χ1) is 8.00. The van der Waals surface area contributed by atoms with Gasteiger partial charge in [-0.05, 0) is 13.8 Å². The van der Waals surface area contributed by atoms with E-state index in [-0.39, 0.29) is 11.7 Å². The Morgan fingerprint density at radius 3 is 2.29 bits per heavy atom. The van der Waals surface area contributed by atoms with E-state index in [1.165, 1.54) is 5.01 Å². The standard InChI is InChI=1S/C13H14N2O2/c1-8-4-6-10(7-5-8)12(16)11-9(2)14-15(3)13(11)17/h4-7,11H,1-3H3/t11-/m1/s1. The molecule has 0 saturated heterocycles. The second kappa shape index (κ2) is 4.13. The molecule has 0 radical (unpaired) electrons. The van der Waals surface area contributed by atoms with Crippen molar-refractivity contribution < 1.29 is 9.59 Å². The van der Waals surface area contributed by atoms with E-state index in [1.807, 2.05) is 19.1 Å². The third-order valence-electron chi connectivity index (χ3n) is 2.89. The average Bonchev–Trinajstić information content (AvgIpc) is 2.53. The molecule has 1 atom stereocenters. The van der Waals surface area contributed by atoms with Crippen LogP contribution < -0.4 is 0 Å². The summed E-state index contributed by atoms with van der Waals surface area (Å²) in [5.74, 6) is -1.18. The molecule has 4 heteroatoms. The summed E-state index contributed by atoms with van der Waals surface area (Å²) in [5, 5.41) is 5.22. The van der Waals surface area contributed by atoms with E-state index >= 15 is 0 Å². The lowest BCUT2D eigenvalue weighted by Gasteiger charge is -2.09. The lowest BCUT2D eigenvalue weighted by Crippen LogP contribution is -2.31. The topological polar surface area (TPSA) is 49.7 Å². The number of hydrogen-bond donors (Lipinski definition) is 0. The summed E-state index contributed by atoms with van der Waals surface area (Å²) in [5.41, 5.74) is 2.20. The highest BCUT2D eigenvalue weighted by Crippen LogP contribution is 2.19. The van der Waals surface area contributed by atoms with Crippen molar-refractivity contribution in [2.45, 2.75) is 13.8 Å². The maximum Gasteiger partial charge on any atom is 0.259 e. The van der Waals surface area contributed by atoms with E-state index in [1.54, 1.807) is 26.1 Å². The van der Waals surface area contributed by atoms with Crippen LogP contribution >= 0.6 is 0 Å². The molecule has 0 bridgehead atoms. The molecule has 1 aromatic rings. The Balaban J connectivity index is 2.30. The molecule has 17 heavy (non-hydrogen) atoms. The Morgan fingerprint density at radius 2 is 1.82 bits per heavy atom. The summed E-state index contributed by atoms with van der Waals surface area (Å²) < 4.78 is 0. The van der Waals surface area contributed by atoms with Crippen LogP contribution in [0, 0.1) is 12.8 Å². The lowest BCUT2D eigenvalue weighted by molar-refractivity contribution is -0.129. The highest BCUT2D eigenvalue weighted by molar-refractivity contribution is 6.26. The van der Waals surface area contributed by atoms with E-state index in [0.29, 0.717) is 11.3 Å². The zero-order valence-electron chi connectivity index (χ0n) is 10.1. The summed E-state index contributed by atoms with van der Waals surface area (Å²) >= 11 is 0. The van der Waals surface area contributed by atoms with Gasteiger partial charge in [0.25, 0.3) is 5.91 Å². The molecule has 2 rings (SSSR count). The summed E-state index contributed by atoms with van der Waals surface area (Å²) in [7, 11) is 1.56. The first-order valence-corrected chi connectivity index (χ1v) is 5.44. The normalized spacial score (nSPS) is 19.5. The van der Waals surface area contributed by atoms with Crippen molar-refractivity contribution in [2.24, 2.45) is 11.0 Å². The van der Waals surface area contributed by atoms with Gasteiger partial charge < -0.3 is 0 Å². The Bertz CT molecular complexity index is 503. The van der Waals surface area contributed by atoms with Gasteiger partial charge in [0, 0.05) is 12.6 Å². The number of rotatable bonds is 2. The smallest absolute Gasteiger partial charge is 0.259 e. The monoisotopic (exact) mass is 230 g/mol. The van der Waals surface area contributed by atoms with Gasteiger partial charge in [-0.2, -0.15) is 5.10 Å². The minimum Gasteiger partial charge on any atom is -0.293 e. The van der Waals surface area contributed by atoms with Crippen LogP contribution in [0.15, 0.2) is 29.4 Å². The number of benzene rings is 1. The van der Waals surface area contributed by atoms with E-state index in [2.05, 4.69) is 5.10 Å². The molecule has 1 heterocycles. The predicted molar refractivity (Wildman–Crippen MR) is 64.9 cm³/mol. The van der Waals surface area contributed by atoms with Gasteiger partial charge in [-0.25, -0.2) is 5.01 Å². The van der Waals surface area contributed by atoms with Crippen LogP contribution in [0.4, 0.5) is 0 Å². The van der Waals surface area contributed by atoms with Crippen molar-refractivity contribution >= 4 is 17.4 Å². The summed E-state index contributed by atoms with van der Waals surface area (Å²) in [6.07, 6.45) is 0. The zero-order valence-corrected chi connectivity index (χ0v) is 10.1. The third kappa shape index (κ3) is 1.98. The van der Waals surface area contributed by atoms with Gasteiger partial charge in [0.2, 0.25) is 0 Å². The van der Waals surface area contributed by atoms with E-state index in [0.717, 1.165) is 5.56 Å². The fourth-order valence-electron chi connectivity index (χ4n) is 1.90. The van der Waals surface area contributed by atoms with Gasteiger partial charge in [-0.15, -0.1) is 0 Å². The van der Waals surface area contributed by atoms with Crippen LogP contribution in [0.25, 0.3) is 0 Å². The van der Waals surface area contributed by atoms with Gasteiger partial charge in [-0.3, -0.25) is 9.59 Å². The van der Waals surface area contributed by atoms with Gasteiger partial charge in [0.05, 0.1) is 5.71 Å². The average molecular weight is 230 g/mol. The number of aryl methyl sites for hydroxylation is 1. The molecular weight excluding hydrogens is 216 g/mol. The molecule has 0 fully saturated rings. The number of ketones is 1. The maximum absolute atomic E-state index is 12.2. The predicted octanol–water partition coefficient (Wildman–Crippen LogP) is 1.64. The number of amides is 1. The van der Waals surface area contributed by atoms with Crippen LogP contribution in [-0.2, 0) is 4.79 Å². The Morgan fingerprint density at radius 1 is 1.24 bits per heavy atom. The van der Waals surface area contributed by atoms with Crippen molar-refractivity contribution in [3.8, 4) is 0 Å². The molecule has 0 aromatic heterocycles. The van der Waals surface area contributed by atoms with Crippen LogP contribution in [0.1, 0.15) is 22.8 Å². The lowest BCUT2D eigenvalue weighted by atomic mass is 9.93. The largest absolute Gasteiger partial charge is 0.293 e. The Hall–Kier alpha value is -1.97. The molecule has 1 aromatic carbocycles. The number of Topliss-reactive ketones (excluding diaryl/α,β-unsaturated/α-hetero) is 1. The summed E-state index contributed by atoms with van der Waals surface area (Å²) in [6, 6.07) is 7.22. The van der Waals surface area contributed by atoms with Crippen LogP contribution in [0.2, 0.25) is 0 Å². The molecule has 1 aliphatic heterocycles. The van der Waals surface area contributed by atoms with Crippen molar-refractivity contribution in [2.75, 3.05) is 7.05 Å². The fraction of sp³-hybridized carbons (Fsp3) is 0.308. The molecule has 1 amide bonds. The molecular formula is C13H14N2O2. The van der Waals surface area contributed by atoms with E-state index in [4.69, 9.17) is 0 Å². The number of hydrogen-bond acceptors (Lipinski definition) is 3. The Labute approximate surface area is 99.9 Å². The molecule has 0 unspecified atom stereocenters. The van der Waals surface area contributed by atoms with Gasteiger partial charge in [0.15, 0.2) is 5.78 Å². The first kappa shape index (κ1) is 11.5.